The second-order valence-electron chi connectivity index (χ2n) is 4.93. The number of rotatable bonds is 6. The first-order valence-electron chi connectivity index (χ1n) is 6.53. The second kappa shape index (κ2) is 7.79. The number of carbonyl (C=O) groups is 1. The third kappa shape index (κ3) is 5.13. The van der Waals surface area contributed by atoms with E-state index < -0.39 is 17.7 Å². The van der Waals surface area contributed by atoms with E-state index in [2.05, 4.69) is 10.6 Å². The molecule has 3 N–H and O–H groups in total. The summed E-state index contributed by atoms with van der Waals surface area (Å²) in [7, 11) is 0. The molecule has 2 amide bonds. The van der Waals surface area contributed by atoms with E-state index >= 15 is 0 Å². The van der Waals surface area contributed by atoms with Crippen LogP contribution in [0, 0.1) is 17.6 Å². The first-order valence-corrected chi connectivity index (χ1v) is 6.53. The molecular formula is C14H20F2N2O2. The van der Waals surface area contributed by atoms with Gasteiger partial charge in [-0.2, -0.15) is 0 Å². The molecule has 1 aromatic carbocycles. The summed E-state index contributed by atoms with van der Waals surface area (Å²) in [6.45, 7) is 3.72. The summed E-state index contributed by atoms with van der Waals surface area (Å²) < 4.78 is 26.3. The van der Waals surface area contributed by atoms with Crippen molar-refractivity contribution >= 4 is 6.03 Å². The predicted molar refractivity (Wildman–Crippen MR) is 72.1 cm³/mol. The molecule has 0 spiro atoms. The lowest BCUT2D eigenvalue weighted by Gasteiger charge is -2.21. The van der Waals surface area contributed by atoms with Crippen LogP contribution in [0.3, 0.4) is 0 Å². The molecule has 1 atom stereocenters. The molecular weight excluding hydrogens is 266 g/mol. The maximum atomic E-state index is 13.4. The number of aliphatic hydroxyl groups excluding tert-OH is 1. The van der Waals surface area contributed by atoms with Crippen molar-refractivity contribution in [1.82, 2.24) is 10.6 Å². The third-order valence-corrected chi connectivity index (χ3v) is 3.01. The van der Waals surface area contributed by atoms with Gasteiger partial charge >= 0.3 is 6.03 Å². The Bertz CT molecular complexity index is 453. The van der Waals surface area contributed by atoms with Gasteiger partial charge in [-0.1, -0.05) is 13.8 Å². The Morgan fingerprint density at radius 1 is 1.35 bits per heavy atom. The molecule has 0 aliphatic carbocycles. The highest BCUT2D eigenvalue weighted by Crippen LogP contribution is 2.09. The molecule has 1 rings (SSSR count). The molecule has 0 saturated carbocycles. The highest BCUT2D eigenvalue weighted by atomic mass is 19.1. The van der Waals surface area contributed by atoms with Gasteiger partial charge in [-0.25, -0.2) is 13.6 Å². The fourth-order valence-electron chi connectivity index (χ4n) is 1.78. The lowest BCUT2D eigenvalue weighted by atomic mass is 10.0. The Hall–Kier alpha value is -1.69. The van der Waals surface area contributed by atoms with Crippen molar-refractivity contribution in [3.8, 4) is 0 Å². The first kappa shape index (κ1) is 16.4. The molecule has 6 heteroatoms. The van der Waals surface area contributed by atoms with E-state index in [-0.39, 0.29) is 30.7 Å². The van der Waals surface area contributed by atoms with Crippen LogP contribution in [0.15, 0.2) is 18.2 Å². The maximum Gasteiger partial charge on any atom is 0.315 e. The van der Waals surface area contributed by atoms with Gasteiger partial charge in [0.1, 0.15) is 11.6 Å². The second-order valence-corrected chi connectivity index (χ2v) is 4.93. The van der Waals surface area contributed by atoms with Crippen molar-refractivity contribution in [2.75, 3.05) is 6.61 Å². The quantitative estimate of drug-likeness (QED) is 0.750. The molecule has 0 fully saturated rings. The highest BCUT2D eigenvalue weighted by Gasteiger charge is 2.15. The molecule has 0 radical (unpaired) electrons. The molecule has 0 saturated heterocycles. The van der Waals surface area contributed by atoms with E-state index in [1.54, 1.807) is 0 Å². The number of hydrogen-bond donors (Lipinski definition) is 3. The van der Waals surface area contributed by atoms with Crippen LogP contribution in [0.25, 0.3) is 0 Å². The van der Waals surface area contributed by atoms with Gasteiger partial charge in [0, 0.05) is 24.8 Å². The first-order chi connectivity index (χ1) is 9.43. The van der Waals surface area contributed by atoms with E-state index in [4.69, 9.17) is 5.11 Å². The summed E-state index contributed by atoms with van der Waals surface area (Å²) >= 11 is 0. The fourth-order valence-corrected chi connectivity index (χ4v) is 1.78. The minimum atomic E-state index is -0.567. The zero-order chi connectivity index (χ0) is 15.1. The average molecular weight is 286 g/mol. The number of benzene rings is 1. The zero-order valence-corrected chi connectivity index (χ0v) is 11.6. The van der Waals surface area contributed by atoms with E-state index in [1.165, 1.54) is 0 Å². The summed E-state index contributed by atoms with van der Waals surface area (Å²) in [6, 6.07) is 2.45. The summed E-state index contributed by atoms with van der Waals surface area (Å²) in [6.07, 6.45) is 0.444. The van der Waals surface area contributed by atoms with E-state index in [1.807, 2.05) is 13.8 Å². The van der Waals surface area contributed by atoms with Gasteiger partial charge in [-0.15, -0.1) is 0 Å². The number of aliphatic hydroxyl groups is 1. The van der Waals surface area contributed by atoms with Crippen LogP contribution in [0.1, 0.15) is 25.8 Å². The maximum absolute atomic E-state index is 13.4. The van der Waals surface area contributed by atoms with E-state index in [9.17, 15) is 13.6 Å². The largest absolute Gasteiger partial charge is 0.396 e. The van der Waals surface area contributed by atoms with Crippen LogP contribution >= 0.6 is 0 Å². The van der Waals surface area contributed by atoms with Crippen molar-refractivity contribution in [3.63, 3.8) is 0 Å². The zero-order valence-electron chi connectivity index (χ0n) is 11.6. The number of carbonyl (C=O) groups excluding carboxylic acids is 1. The number of urea groups is 1. The lowest BCUT2D eigenvalue weighted by molar-refractivity contribution is 0.218. The van der Waals surface area contributed by atoms with Gasteiger partial charge in [0.15, 0.2) is 0 Å². The number of amides is 2. The third-order valence-electron chi connectivity index (χ3n) is 3.01. The van der Waals surface area contributed by atoms with E-state index in [0.29, 0.717) is 6.42 Å². The van der Waals surface area contributed by atoms with Crippen molar-refractivity contribution in [3.05, 3.63) is 35.4 Å². The van der Waals surface area contributed by atoms with Crippen LogP contribution in [-0.4, -0.2) is 23.8 Å². The van der Waals surface area contributed by atoms with Gasteiger partial charge < -0.3 is 15.7 Å². The molecule has 4 nitrogen and oxygen atoms in total. The van der Waals surface area contributed by atoms with Crippen molar-refractivity contribution in [2.24, 2.45) is 5.92 Å². The lowest BCUT2D eigenvalue weighted by Crippen LogP contribution is -2.44. The van der Waals surface area contributed by atoms with Gasteiger partial charge in [-0.05, 0) is 30.5 Å². The normalized spacial score (nSPS) is 12.3. The molecule has 0 aliphatic heterocycles. The van der Waals surface area contributed by atoms with Crippen molar-refractivity contribution in [2.45, 2.75) is 32.9 Å². The Morgan fingerprint density at radius 2 is 2.05 bits per heavy atom. The van der Waals surface area contributed by atoms with Crippen LogP contribution in [-0.2, 0) is 6.54 Å². The van der Waals surface area contributed by atoms with Crippen molar-refractivity contribution in [1.29, 1.82) is 0 Å². The molecule has 20 heavy (non-hydrogen) atoms. The summed E-state index contributed by atoms with van der Waals surface area (Å²) in [5, 5.41) is 14.1. The van der Waals surface area contributed by atoms with Crippen LogP contribution in [0.4, 0.5) is 13.6 Å². The Kier molecular flexibility index (Phi) is 6.38. The number of halogens is 2. The SMILES string of the molecule is CC(C)C(CCO)NC(=O)NCc1cc(F)ccc1F. The molecule has 0 heterocycles. The standard InChI is InChI=1S/C14H20F2N2O2/c1-9(2)13(5-6-19)18-14(20)17-8-10-7-11(15)3-4-12(10)16/h3-4,7,9,13,19H,5-6,8H2,1-2H3,(H2,17,18,20). The number of nitrogens with one attached hydrogen (secondary N) is 2. The minimum absolute atomic E-state index is 0.0261. The van der Waals surface area contributed by atoms with Crippen LogP contribution in [0.5, 0.6) is 0 Å². The van der Waals surface area contributed by atoms with Gasteiger partial charge in [0.05, 0.1) is 0 Å². The summed E-state index contributed by atoms with van der Waals surface area (Å²) in [4.78, 5) is 11.7. The fraction of sp³-hybridized carbons (Fsp3) is 0.500. The minimum Gasteiger partial charge on any atom is -0.396 e. The Labute approximate surface area is 117 Å². The molecule has 112 valence electrons. The molecule has 0 bridgehead atoms. The van der Waals surface area contributed by atoms with Gasteiger partial charge in [-0.3, -0.25) is 0 Å². The molecule has 0 aliphatic rings. The van der Waals surface area contributed by atoms with Crippen LogP contribution in [0.2, 0.25) is 0 Å². The molecule has 1 aromatic rings. The van der Waals surface area contributed by atoms with Gasteiger partial charge in [0.25, 0.3) is 0 Å². The van der Waals surface area contributed by atoms with Crippen molar-refractivity contribution < 1.29 is 18.7 Å². The monoisotopic (exact) mass is 286 g/mol. The molecule has 0 aromatic heterocycles. The predicted octanol–water partition coefficient (Wildman–Crippen LogP) is 2.17. The Morgan fingerprint density at radius 3 is 2.65 bits per heavy atom. The Balaban J connectivity index is 2.52. The van der Waals surface area contributed by atoms with Crippen LogP contribution < -0.4 is 10.6 Å². The summed E-state index contributed by atoms with van der Waals surface area (Å²) in [5.41, 5.74) is 0.0865. The highest BCUT2D eigenvalue weighted by molar-refractivity contribution is 5.74. The van der Waals surface area contributed by atoms with Gasteiger partial charge in [0.2, 0.25) is 0 Å². The topological polar surface area (TPSA) is 61.4 Å². The number of hydrogen-bond acceptors (Lipinski definition) is 2. The smallest absolute Gasteiger partial charge is 0.315 e. The summed E-state index contributed by atoms with van der Waals surface area (Å²) in [5.74, 6) is -0.954. The average Bonchev–Trinajstić information content (AvgIpc) is 2.39. The molecule has 1 unspecified atom stereocenters. The van der Waals surface area contributed by atoms with E-state index in [0.717, 1.165) is 18.2 Å².